The predicted molar refractivity (Wildman–Crippen MR) is 119 cm³/mol. The van der Waals surface area contributed by atoms with Gasteiger partial charge in [0.15, 0.2) is 5.96 Å². The lowest BCUT2D eigenvalue weighted by molar-refractivity contribution is 0.136. The molecule has 0 saturated heterocycles. The number of aryl methyl sites for hydroxylation is 1. The predicted octanol–water partition coefficient (Wildman–Crippen LogP) is 3.35. The summed E-state index contributed by atoms with van der Waals surface area (Å²) in [5, 5.41) is 17.9. The van der Waals surface area contributed by atoms with Gasteiger partial charge in [0.1, 0.15) is 0 Å². The Morgan fingerprint density at radius 2 is 2.15 bits per heavy atom. The van der Waals surface area contributed by atoms with Gasteiger partial charge in [0.05, 0.1) is 6.10 Å². The molecule has 1 fully saturated rings. The van der Waals surface area contributed by atoms with Gasteiger partial charge in [-0.2, -0.15) is 0 Å². The second-order valence-corrected chi connectivity index (χ2v) is 7.02. The van der Waals surface area contributed by atoms with Crippen LogP contribution in [0.1, 0.15) is 37.3 Å². The fourth-order valence-electron chi connectivity index (χ4n) is 3.60. The Kier molecular flexibility index (Phi) is 8.21. The highest BCUT2D eigenvalue weighted by molar-refractivity contribution is 14.0. The van der Waals surface area contributed by atoms with E-state index in [1.54, 1.807) is 0 Å². The number of nitrogens with zero attached hydrogens (tertiary/aromatic N) is 1. The number of benzene rings is 1. The Balaban J connectivity index is 0.00000243. The number of fused-ring (bicyclic) bond motifs is 1. The minimum atomic E-state index is -0.179. The van der Waals surface area contributed by atoms with Crippen molar-refractivity contribution in [3.05, 3.63) is 35.5 Å². The van der Waals surface area contributed by atoms with Crippen molar-refractivity contribution in [2.45, 2.75) is 45.6 Å². The number of aliphatic imine (C=N–C) groups is 1. The van der Waals surface area contributed by atoms with Gasteiger partial charge in [-0.15, -0.1) is 24.0 Å². The molecule has 144 valence electrons. The summed E-state index contributed by atoms with van der Waals surface area (Å²) in [7, 11) is 0. The smallest absolute Gasteiger partial charge is 0.191 e. The lowest BCUT2D eigenvalue weighted by Gasteiger charge is -2.15. The van der Waals surface area contributed by atoms with Gasteiger partial charge in [-0.05, 0) is 50.3 Å². The molecule has 1 aromatic carbocycles. The normalized spacial score (nSPS) is 20.2. The van der Waals surface area contributed by atoms with E-state index in [2.05, 4.69) is 58.9 Å². The number of aliphatic hydroxyl groups excluding tert-OH is 1. The lowest BCUT2D eigenvalue weighted by Crippen LogP contribution is -2.38. The summed E-state index contributed by atoms with van der Waals surface area (Å²) in [5.74, 6) is 1.16. The molecule has 1 saturated carbocycles. The SMILES string of the molecule is CCNC(=NCC1CCCC1O)NCCc1c[nH]c2cc(C)ccc12.I. The first-order valence-corrected chi connectivity index (χ1v) is 9.44. The number of rotatable bonds is 6. The first-order valence-electron chi connectivity index (χ1n) is 9.44. The van der Waals surface area contributed by atoms with Crippen LogP contribution in [-0.2, 0) is 6.42 Å². The number of aromatic nitrogens is 1. The number of aromatic amines is 1. The summed E-state index contributed by atoms with van der Waals surface area (Å²) in [6, 6.07) is 6.54. The van der Waals surface area contributed by atoms with Crippen molar-refractivity contribution in [3.63, 3.8) is 0 Å². The molecule has 1 aliphatic rings. The molecule has 0 amide bonds. The van der Waals surface area contributed by atoms with E-state index in [0.717, 1.165) is 44.7 Å². The zero-order chi connectivity index (χ0) is 17.6. The molecule has 4 N–H and O–H groups in total. The molecule has 0 bridgehead atoms. The molecule has 1 aliphatic carbocycles. The third kappa shape index (κ3) is 5.36. The van der Waals surface area contributed by atoms with Crippen LogP contribution in [0.4, 0.5) is 0 Å². The van der Waals surface area contributed by atoms with Crippen molar-refractivity contribution in [3.8, 4) is 0 Å². The largest absolute Gasteiger partial charge is 0.393 e. The molecule has 1 heterocycles. The van der Waals surface area contributed by atoms with Gasteiger partial charge in [0.2, 0.25) is 0 Å². The van der Waals surface area contributed by atoms with Gasteiger partial charge in [-0.1, -0.05) is 18.6 Å². The van der Waals surface area contributed by atoms with Gasteiger partial charge in [0, 0.05) is 42.7 Å². The van der Waals surface area contributed by atoms with Crippen LogP contribution in [0.2, 0.25) is 0 Å². The minimum absolute atomic E-state index is 0. The highest BCUT2D eigenvalue weighted by Crippen LogP contribution is 2.25. The van der Waals surface area contributed by atoms with E-state index in [0.29, 0.717) is 12.5 Å². The minimum Gasteiger partial charge on any atom is -0.393 e. The van der Waals surface area contributed by atoms with Gasteiger partial charge < -0.3 is 20.7 Å². The first kappa shape index (κ1) is 21.0. The molecular weight excluding hydrogens is 439 g/mol. The van der Waals surface area contributed by atoms with Gasteiger partial charge >= 0.3 is 0 Å². The average molecular weight is 470 g/mol. The molecule has 0 aliphatic heterocycles. The summed E-state index contributed by atoms with van der Waals surface area (Å²) in [4.78, 5) is 8.02. The lowest BCUT2D eigenvalue weighted by atomic mass is 10.1. The van der Waals surface area contributed by atoms with Crippen molar-refractivity contribution < 1.29 is 5.11 Å². The highest BCUT2D eigenvalue weighted by Gasteiger charge is 2.24. The van der Waals surface area contributed by atoms with Crippen molar-refractivity contribution in [2.75, 3.05) is 19.6 Å². The van der Waals surface area contributed by atoms with Crippen LogP contribution in [0, 0.1) is 12.8 Å². The van der Waals surface area contributed by atoms with E-state index in [1.165, 1.54) is 22.0 Å². The highest BCUT2D eigenvalue weighted by atomic mass is 127. The van der Waals surface area contributed by atoms with Gasteiger partial charge in [0.25, 0.3) is 0 Å². The maximum Gasteiger partial charge on any atom is 0.191 e. The third-order valence-corrected chi connectivity index (χ3v) is 5.06. The maximum absolute atomic E-state index is 9.94. The third-order valence-electron chi connectivity index (χ3n) is 5.06. The molecule has 2 aromatic rings. The quantitative estimate of drug-likeness (QED) is 0.297. The first-order chi connectivity index (χ1) is 12.2. The van der Waals surface area contributed by atoms with Crippen molar-refractivity contribution in [1.82, 2.24) is 15.6 Å². The summed E-state index contributed by atoms with van der Waals surface area (Å²) >= 11 is 0. The Labute approximate surface area is 173 Å². The van der Waals surface area contributed by atoms with Crippen LogP contribution in [0.25, 0.3) is 10.9 Å². The maximum atomic E-state index is 9.94. The van der Waals surface area contributed by atoms with Crippen molar-refractivity contribution in [2.24, 2.45) is 10.9 Å². The standard InChI is InChI=1S/C20H30N4O.HI/c1-3-21-20(24-13-16-5-4-6-19(16)25)22-10-9-15-12-23-18-11-14(2)7-8-17(15)18;/h7-8,11-12,16,19,23,25H,3-6,9-10,13H2,1-2H3,(H2,21,22,24);1H. The molecule has 6 heteroatoms. The number of guanidine groups is 1. The summed E-state index contributed by atoms with van der Waals surface area (Å²) in [5.41, 5.74) is 3.80. The van der Waals surface area contributed by atoms with Crippen LogP contribution in [-0.4, -0.2) is 41.8 Å². The Morgan fingerprint density at radius 3 is 2.88 bits per heavy atom. The number of aliphatic hydroxyl groups is 1. The number of hydrogen-bond acceptors (Lipinski definition) is 2. The van der Waals surface area contributed by atoms with Crippen molar-refractivity contribution >= 4 is 40.8 Å². The number of nitrogens with one attached hydrogen (secondary N) is 3. The Hall–Kier alpha value is -1.28. The Bertz CT molecular complexity index is 728. The van der Waals surface area contributed by atoms with E-state index >= 15 is 0 Å². The topological polar surface area (TPSA) is 72.4 Å². The van der Waals surface area contributed by atoms with Gasteiger partial charge in [-0.3, -0.25) is 4.99 Å². The number of H-pyrrole nitrogens is 1. The molecule has 3 rings (SSSR count). The second kappa shape index (κ2) is 10.2. The summed E-state index contributed by atoms with van der Waals surface area (Å²) in [6.07, 6.45) is 5.99. The Morgan fingerprint density at radius 1 is 1.31 bits per heavy atom. The van der Waals surface area contributed by atoms with Crippen LogP contribution in [0.5, 0.6) is 0 Å². The van der Waals surface area contributed by atoms with Crippen LogP contribution >= 0.6 is 24.0 Å². The monoisotopic (exact) mass is 470 g/mol. The van der Waals surface area contributed by atoms with Crippen LogP contribution < -0.4 is 10.6 Å². The van der Waals surface area contributed by atoms with E-state index in [4.69, 9.17) is 0 Å². The number of hydrogen-bond donors (Lipinski definition) is 4. The summed E-state index contributed by atoms with van der Waals surface area (Å²) < 4.78 is 0. The molecule has 26 heavy (non-hydrogen) atoms. The van der Waals surface area contributed by atoms with E-state index in [-0.39, 0.29) is 30.1 Å². The van der Waals surface area contributed by atoms with E-state index in [1.807, 2.05) is 0 Å². The van der Waals surface area contributed by atoms with Crippen molar-refractivity contribution in [1.29, 1.82) is 0 Å². The zero-order valence-corrected chi connectivity index (χ0v) is 18.0. The molecule has 2 unspecified atom stereocenters. The molecule has 2 atom stereocenters. The average Bonchev–Trinajstić information content (AvgIpc) is 3.18. The van der Waals surface area contributed by atoms with Crippen LogP contribution in [0.3, 0.4) is 0 Å². The fourth-order valence-corrected chi connectivity index (χ4v) is 3.60. The zero-order valence-electron chi connectivity index (χ0n) is 15.7. The molecule has 5 nitrogen and oxygen atoms in total. The molecule has 0 radical (unpaired) electrons. The second-order valence-electron chi connectivity index (χ2n) is 7.02. The molecular formula is C20H31IN4O. The molecule has 1 aromatic heterocycles. The summed E-state index contributed by atoms with van der Waals surface area (Å²) in [6.45, 7) is 6.56. The van der Waals surface area contributed by atoms with Crippen LogP contribution in [0.15, 0.2) is 29.4 Å². The number of halogens is 1. The van der Waals surface area contributed by atoms with Gasteiger partial charge in [-0.25, -0.2) is 0 Å². The fraction of sp³-hybridized carbons (Fsp3) is 0.550. The van der Waals surface area contributed by atoms with E-state index in [9.17, 15) is 5.11 Å². The molecule has 0 spiro atoms. The van der Waals surface area contributed by atoms with E-state index < -0.39 is 0 Å².